The number of benzene rings is 2. The van der Waals surface area contributed by atoms with Crippen LogP contribution in [0.15, 0.2) is 59.8 Å². The highest BCUT2D eigenvalue weighted by Gasteiger charge is 2.20. The van der Waals surface area contributed by atoms with Gasteiger partial charge in [-0.05, 0) is 42.5 Å². The molecule has 1 saturated carbocycles. The highest BCUT2D eigenvalue weighted by molar-refractivity contribution is 6.30. The minimum absolute atomic E-state index is 0.0572. The summed E-state index contributed by atoms with van der Waals surface area (Å²) >= 11 is 6.23. The summed E-state index contributed by atoms with van der Waals surface area (Å²) in [6.07, 6.45) is 8.96. The predicted octanol–water partition coefficient (Wildman–Crippen LogP) is 4.27. The summed E-state index contributed by atoms with van der Waals surface area (Å²) in [6.45, 7) is -0.233. The maximum Gasteiger partial charge on any atom is 0.277 e. The van der Waals surface area contributed by atoms with Gasteiger partial charge in [-0.1, -0.05) is 61.2 Å². The second-order valence-electron chi connectivity index (χ2n) is 8.56. The smallest absolute Gasteiger partial charge is 0.277 e. The van der Waals surface area contributed by atoms with Crippen molar-refractivity contribution in [3.8, 4) is 17.0 Å². The van der Waals surface area contributed by atoms with Crippen molar-refractivity contribution in [2.45, 2.75) is 44.6 Å². The van der Waals surface area contributed by atoms with E-state index in [4.69, 9.17) is 22.1 Å². The first-order chi connectivity index (χ1) is 17.0. The predicted molar refractivity (Wildman–Crippen MR) is 135 cm³/mol. The third kappa shape index (κ3) is 6.70. The Morgan fingerprint density at radius 1 is 1.17 bits per heavy atom. The summed E-state index contributed by atoms with van der Waals surface area (Å²) in [5, 5.41) is 9.16. The van der Waals surface area contributed by atoms with Crippen LogP contribution in [0.2, 0.25) is 5.02 Å². The molecule has 35 heavy (non-hydrogen) atoms. The molecule has 0 atom stereocenters. The number of hydrazone groups is 1. The molecule has 9 heteroatoms. The number of carbonyl (C=O) groups excluding carboxylic acids is 2. The molecule has 0 bridgehead atoms. The fourth-order valence-electron chi connectivity index (χ4n) is 4.33. The lowest BCUT2D eigenvalue weighted by Gasteiger charge is -2.24. The number of nitrogens with zero attached hydrogens (tertiary/aromatic N) is 3. The Morgan fingerprint density at radius 2 is 1.94 bits per heavy atom. The van der Waals surface area contributed by atoms with E-state index >= 15 is 0 Å². The van der Waals surface area contributed by atoms with Crippen molar-refractivity contribution in [1.82, 2.24) is 15.2 Å². The quantitative estimate of drug-likeness (QED) is 0.342. The van der Waals surface area contributed by atoms with Crippen LogP contribution in [-0.2, 0) is 16.1 Å². The van der Waals surface area contributed by atoms with Gasteiger partial charge in [0, 0.05) is 22.3 Å². The Bertz CT molecular complexity index is 1200. The number of rotatable bonds is 9. The number of hydrogen-bond acceptors (Lipinski definition) is 5. The van der Waals surface area contributed by atoms with E-state index in [1.165, 1.54) is 30.2 Å². The molecule has 2 aromatic carbocycles. The highest BCUT2D eigenvalue weighted by atomic mass is 35.5. The third-order valence-corrected chi connectivity index (χ3v) is 6.16. The van der Waals surface area contributed by atoms with Gasteiger partial charge in [0.2, 0.25) is 5.91 Å². The van der Waals surface area contributed by atoms with Crippen LogP contribution in [0.1, 0.15) is 49.1 Å². The maximum atomic E-state index is 12.4. The summed E-state index contributed by atoms with van der Waals surface area (Å²) in [6, 6.07) is 15.0. The van der Waals surface area contributed by atoms with Gasteiger partial charge in [-0.3, -0.25) is 14.3 Å². The Balaban J connectivity index is 1.41. The SMILES string of the molecule is NC(=O)Cn1cc(/C=N/NC(=O)COc2ccc(Cl)cc2C2CCCCC2)c(-c2ccccc2)n1. The molecule has 182 valence electrons. The zero-order valence-corrected chi connectivity index (χ0v) is 20.1. The Hall–Kier alpha value is -3.65. The van der Waals surface area contributed by atoms with Crippen molar-refractivity contribution in [2.75, 3.05) is 6.61 Å². The molecule has 0 spiro atoms. The minimum atomic E-state index is -0.504. The first kappa shape index (κ1) is 24.5. The number of nitrogens with two attached hydrogens (primary N) is 1. The number of hydrogen-bond donors (Lipinski definition) is 2. The number of aromatic nitrogens is 2. The molecule has 1 heterocycles. The van der Waals surface area contributed by atoms with Crippen molar-refractivity contribution < 1.29 is 14.3 Å². The zero-order valence-electron chi connectivity index (χ0n) is 19.3. The van der Waals surface area contributed by atoms with Gasteiger partial charge in [-0.15, -0.1) is 0 Å². The number of amides is 2. The molecule has 0 aliphatic heterocycles. The van der Waals surface area contributed by atoms with Gasteiger partial charge < -0.3 is 10.5 Å². The Kier molecular flexibility index (Phi) is 8.15. The van der Waals surface area contributed by atoms with Crippen molar-refractivity contribution >= 4 is 29.6 Å². The topological polar surface area (TPSA) is 112 Å². The molecule has 3 N–H and O–H groups in total. The van der Waals surface area contributed by atoms with Crippen LogP contribution in [0.5, 0.6) is 5.75 Å². The highest BCUT2D eigenvalue weighted by Crippen LogP contribution is 2.38. The normalized spacial score (nSPS) is 14.2. The van der Waals surface area contributed by atoms with E-state index in [9.17, 15) is 9.59 Å². The standard InChI is InChI=1S/C26H28ClN5O3/c27-21-11-12-23(22(13-21)18-7-3-1-4-8-18)35-17-25(34)30-29-14-20-15-32(16-24(28)33)31-26(20)19-9-5-2-6-10-19/h2,5-6,9-15,18H,1,3-4,7-8,16-17H2,(H2,28,33)(H,30,34)/b29-14+. The molecule has 4 rings (SSSR count). The lowest BCUT2D eigenvalue weighted by molar-refractivity contribution is -0.123. The summed E-state index contributed by atoms with van der Waals surface area (Å²) in [5.41, 5.74) is 11.0. The zero-order chi connectivity index (χ0) is 24.6. The number of nitrogens with one attached hydrogen (secondary N) is 1. The van der Waals surface area contributed by atoms with Crippen LogP contribution in [-0.4, -0.2) is 34.4 Å². The molecule has 1 aromatic heterocycles. The lowest BCUT2D eigenvalue weighted by Crippen LogP contribution is -2.25. The minimum Gasteiger partial charge on any atom is -0.483 e. The Morgan fingerprint density at radius 3 is 2.69 bits per heavy atom. The third-order valence-electron chi connectivity index (χ3n) is 5.92. The molecule has 8 nitrogen and oxygen atoms in total. The summed E-state index contributed by atoms with van der Waals surface area (Å²) in [7, 11) is 0. The molecular formula is C26H28ClN5O3. The van der Waals surface area contributed by atoms with E-state index < -0.39 is 11.8 Å². The van der Waals surface area contributed by atoms with Gasteiger partial charge in [-0.2, -0.15) is 10.2 Å². The summed E-state index contributed by atoms with van der Waals surface area (Å²) in [5.74, 6) is 0.179. The molecule has 1 aliphatic rings. The van der Waals surface area contributed by atoms with Crippen LogP contribution >= 0.6 is 11.6 Å². The number of primary amides is 1. The van der Waals surface area contributed by atoms with Crippen LogP contribution in [0.25, 0.3) is 11.3 Å². The van der Waals surface area contributed by atoms with Crippen molar-refractivity contribution in [3.05, 3.63) is 70.9 Å². The monoisotopic (exact) mass is 493 g/mol. The average molecular weight is 494 g/mol. The van der Waals surface area contributed by atoms with Crippen LogP contribution < -0.4 is 15.9 Å². The maximum absolute atomic E-state index is 12.4. The first-order valence-electron chi connectivity index (χ1n) is 11.6. The molecule has 0 unspecified atom stereocenters. The largest absolute Gasteiger partial charge is 0.483 e. The van der Waals surface area contributed by atoms with E-state index in [0.717, 1.165) is 24.0 Å². The number of carbonyl (C=O) groups is 2. The van der Waals surface area contributed by atoms with E-state index in [-0.39, 0.29) is 13.2 Å². The van der Waals surface area contributed by atoms with E-state index in [0.29, 0.717) is 27.9 Å². The lowest BCUT2D eigenvalue weighted by atomic mass is 9.84. The second kappa shape index (κ2) is 11.7. The van der Waals surface area contributed by atoms with Crippen molar-refractivity contribution in [1.29, 1.82) is 0 Å². The average Bonchev–Trinajstić information content (AvgIpc) is 3.26. The van der Waals surface area contributed by atoms with Gasteiger partial charge >= 0.3 is 0 Å². The van der Waals surface area contributed by atoms with E-state index in [1.54, 1.807) is 12.3 Å². The van der Waals surface area contributed by atoms with Gasteiger partial charge in [-0.25, -0.2) is 5.43 Å². The molecule has 0 radical (unpaired) electrons. The molecule has 0 saturated heterocycles. The Labute approximate surface area is 209 Å². The first-order valence-corrected chi connectivity index (χ1v) is 12.0. The molecular weight excluding hydrogens is 466 g/mol. The van der Waals surface area contributed by atoms with E-state index in [1.807, 2.05) is 42.5 Å². The number of halogens is 1. The molecule has 3 aromatic rings. The number of ether oxygens (including phenoxy) is 1. The fraction of sp³-hybridized carbons (Fsp3) is 0.308. The van der Waals surface area contributed by atoms with Gasteiger partial charge in [0.25, 0.3) is 5.91 Å². The van der Waals surface area contributed by atoms with Gasteiger partial charge in [0.05, 0.1) is 6.21 Å². The summed E-state index contributed by atoms with van der Waals surface area (Å²) < 4.78 is 7.29. The van der Waals surface area contributed by atoms with Gasteiger partial charge in [0.15, 0.2) is 6.61 Å². The van der Waals surface area contributed by atoms with Crippen molar-refractivity contribution in [3.63, 3.8) is 0 Å². The van der Waals surface area contributed by atoms with Crippen LogP contribution in [0.3, 0.4) is 0 Å². The second-order valence-corrected chi connectivity index (χ2v) is 9.00. The summed E-state index contributed by atoms with van der Waals surface area (Å²) in [4.78, 5) is 23.7. The van der Waals surface area contributed by atoms with Crippen LogP contribution in [0.4, 0.5) is 0 Å². The fourth-order valence-corrected chi connectivity index (χ4v) is 4.51. The van der Waals surface area contributed by atoms with Crippen molar-refractivity contribution in [2.24, 2.45) is 10.8 Å². The van der Waals surface area contributed by atoms with Crippen LogP contribution in [0, 0.1) is 0 Å². The van der Waals surface area contributed by atoms with Gasteiger partial charge in [0.1, 0.15) is 18.0 Å². The molecule has 1 fully saturated rings. The molecule has 2 amide bonds. The van der Waals surface area contributed by atoms with E-state index in [2.05, 4.69) is 15.6 Å². The molecule has 1 aliphatic carbocycles.